The summed E-state index contributed by atoms with van der Waals surface area (Å²) >= 11 is 9.11. The van der Waals surface area contributed by atoms with Crippen LogP contribution in [-0.2, 0) is 10.0 Å². The summed E-state index contributed by atoms with van der Waals surface area (Å²) in [5.74, 6) is -0.610. The zero-order valence-corrected chi connectivity index (χ0v) is 13.5. The number of hydrogen-bond donors (Lipinski definition) is 1. The van der Waals surface area contributed by atoms with E-state index in [2.05, 4.69) is 20.7 Å². The van der Waals surface area contributed by atoms with Crippen LogP contribution < -0.4 is 4.72 Å². The minimum atomic E-state index is -3.88. The molecule has 0 bridgehead atoms. The molecule has 0 aliphatic carbocycles. The highest BCUT2D eigenvalue weighted by atomic mass is 79.9. The summed E-state index contributed by atoms with van der Waals surface area (Å²) in [6.45, 7) is 1.60. The first kappa shape index (κ1) is 15.3. The summed E-state index contributed by atoms with van der Waals surface area (Å²) < 4.78 is 40.6. The largest absolute Gasteiger partial charge is 0.278 e. The number of benzene rings is 2. The maximum atomic E-state index is 13.2. The number of rotatable bonds is 3. The maximum Gasteiger partial charge on any atom is 0.262 e. The average molecular weight is 379 g/mol. The molecule has 0 aliphatic rings. The van der Waals surface area contributed by atoms with Gasteiger partial charge in [0.05, 0.1) is 20.1 Å². The van der Waals surface area contributed by atoms with E-state index >= 15 is 0 Å². The van der Waals surface area contributed by atoms with Crippen molar-refractivity contribution in [3.8, 4) is 0 Å². The SMILES string of the molecule is Cc1ccc(F)cc1S(=O)(=O)Nc1cccc(Cl)c1Br. The van der Waals surface area contributed by atoms with Gasteiger partial charge in [0, 0.05) is 0 Å². The van der Waals surface area contributed by atoms with E-state index < -0.39 is 15.8 Å². The molecule has 2 aromatic carbocycles. The van der Waals surface area contributed by atoms with Crippen LogP contribution in [0, 0.1) is 12.7 Å². The first-order chi connectivity index (χ1) is 9.31. The van der Waals surface area contributed by atoms with Crippen LogP contribution in [0.3, 0.4) is 0 Å². The van der Waals surface area contributed by atoms with Crippen molar-refractivity contribution in [3.05, 3.63) is 57.3 Å². The van der Waals surface area contributed by atoms with Gasteiger partial charge in [-0.05, 0) is 52.7 Å². The van der Waals surface area contributed by atoms with E-state index in [0.717, 1.165) is 6.07 Å². The highest BCUT2D eigenvalue weighted by Crippen LogP contribution is 2.32. The molecular weight excluding hydrogens is 369 g/mol. The van der Waals surface area contributed by atoms with Crippen LogP contribution in [0.2, 0.25) is 5.02 Å². The molecule has 0 unspecified atom stereocenters. The van der Waals surface area contributed by atoms with Crippen molar-refractivity contribution in [3.63, 3.8) is 0 Å². The van der Waals surface area contributed by atoms with E-state index in [9.17, 15) is 12.8 Å². The van der Waals surface area contributed by atoms with Gasteiger partial charge in [-0.1, -0.05) is 23.7 Å². The van der Waals surface area contributed by atoms with Gasteiger partial charge in [0.15, 0.2) is 0 Å². The third-order valence-electron chi connectivity index (χ3n) is 2.64. The minimum Gasteiger partial charge on any atom is -0.278 e. The van der Waals surface area contributed by atoms with Crippen LogP contribution in [0.4, 0.5) is 10.1 Å². The number of halogens is 3. The van der Waals surface area contributed by atoms with Crippen molar-refractivity contribution in [2.75, 3.05) is 4.72 Å². The van der Waals surface area contributed by atoms with Gasteiger partial charge in [0.1, 0.15) is 5.82 Å². The molecule has 7 heteroatoms. The van der Waals surface area contributed by atoms with Crippen LogP contribution in [0.5, 0.6) is 0 Å². The number of sulfonamides is 1. The summed E-state index contributed by atoms with van der Waals surface area (Å²) in [5.41, 5.74) is 0.748. The standard InChI is InChI=1S/C13H10BrClFNO2S/c1-8-5-6-9(16)7-12(8)20(18,19)17-11-4-2-3-10(15)13(11)14/h2-7,17H,1H3. The summed E-state index contributed by atoms with van der Waals surface area (Å²) in [7, 11) is -3.88. The molecule has 0 aromatic heterocycles. The Morgan fingerprint density at radius 2 is 1.95 bits per heavy atom. The van der Waals surface area contributed by atoms with Gasteiger partial charge in [-0.25, -0.2) is 12.8 Å². The van der Waals surface area contributed by atoms with Gasteiger partial charge in [-0.3, -0.25) is 4.72 Å². The van der Waals surface area contributed by atoms with Crippen LogP contribution in [0.1, 0.15) is 5.56 Å². The second-order valence-electron chi connectivity index (χ2n) is 4.12. The maximum absolute atomic E-state index is 13.2. The molecule has 0 saturated carbocycles. The van der Waals surface area contributed by atoms with E-state index in [4.69, 9.17) is 11.6 Å². The van der Waals surface area contributed by atoms with Crippen LogP contribution >= 0.6 is 27.5 Å². The molecule has 0 atom stereocenters. The molecule has 0 amide bonds. The third-order valence-corrected chi connectivity index (χ3v) is 5.54. The molecule has 0 aliphatic heterocycles. The van der Waals surface area contributed by atoms with Crippen molar-refractivity contribution < 1.29 is 12.8 Å². The lowest BCUT2D eigenvalue weighted by atomic mass is 10.2. The molecular formula is C13H10BrClFNO2S. The Labute approximate surface area is 130 Å². The second kappa shape index (κ2) is 5.71. The Morgan fingerprint density at radius 1 is 1.25 bits per heavy atom. The average Bonchev–Trinajstić information content (AvgIpc) is 2.37. The molecule has 0 saturated heterocycles. The predicted molar refractivity (Wildman–Crippen MR) is 81.1 cm³/mol. The Morgan fingerprint density at radius 3 is 2.65 bits per heavy atom. The fraction of sp³-hybridized carbons (Fsp3) is 0.0769. The van der Waals surface area contributed by atoms with Gasteiger partial charge in [-0.2, -0.15) is 0 Å². The van der Waals surface area contributed by atoms with Crippen molar-refractivity contribution in [1.29, 1.82) is 0 Å². The van der Waals surface area contributed by atoms with Gasteiger partial charge in [0.25, 0.3) is 10.0 Å². The van der Waals surface area contributed by atoms with E-state index in [-0.39, 0.29) is 4.90 Å². The molecule has 2 aromatic rings. The topological polar surface area (TPSA) is 46.2 Å². The highest BCUT2D eigenvalue weighted by molar-refractivity contribution is 9.10. The molecule has 0 radical (unpaired) electrons. The van der Waals surface area contributed by atoms with Gasteiger partial charge in [-0.15, -0.1) is 0 Å². The highest BCUT2D eigenvalue weighted by Gasteiger charge is 2.19. The number of nitrogens with one attached hydrogen (secondary N) is 1. The fourth-order valence-electron chi connectivity index (χ4n) is 1.65. The first-order valence-electron chi connectivity index (χ1n) is 5.54. The van der Waals surface area contributed by atoms with Gasteiger partial charge >= 0.3 is 0 Å². The minimum absolute atomic E-state index is 0.107. The Kier molecular flexibility index (Phi) is 4.36. The fourth-order valence-corrected chi connectivity index (χ4v) is 3.64. The number of anilines is 1. The lowest BCUT2D eigenvalue weighted by Gasteiger charge is -2.12. The van der Waals surface area contributed by atoms with Crippen molar-refractivity contribution in [1.82, 2.24) is 0 Å². The van der Waals surface area contributed by atoms with E-state index in [1.165, 1.54) is 12.1 Å². The number of hydrogen-bond acceptors (Lipinski definition) is 2. The Bertz CT molecular complexity index is 765. The molecule has 2 rings (SSSR count). The lowest BCUT2D eigenvalue weighted by Crippen LogP contribution is -2.15. The number of aryl methyl sites for hydroxylation is 1. The molecule has 0 spiro atoms. The Hall–Kier alpha value is -1.11. The van der Waals surface area contributed by atoms with E-state index in [0.29, 0.717) is 20.7 Å². The molecule has 0 fully saturated rings. The summed E-state index contributed by atoms with van der Waals surface area (Å²) in [4.78, 5) is -0.107. The summed E-state index contributed by atoms with van der Waals surface area (Å²) in [5, 5.41) is 0.376. The van der Waals surface area contributed by atoms with Gasteiger partial charge in [0.2, 0.25) is 0 Å². The molecule has 3 nitrogen and oxygen atoms in total. The first-order valence-corrected chi connectivity index (χ1v) is 8.19. The predicted octanol–water partition coefficient (Wildman–Crippen LogP) is 4.35. The second-order valence-corrected chi connectivity index (χ2v) is 6.97. The van der Waals surface area contributed by atoms with Crippen LogP contribution in [-0.4, -0.2) is 8.42 Å². The van der Waals surface area contributed by atoms with E-state index in [1.54, 1.807) is 25.1 Å². The summed E-state index contributed by atoms with van der Waals surface area (Å²) in [6, 6.07) is 8.40. The molecule has 106 valence electrons. The smallest absolute Gasteiger partial charge is 0.262 e. The van der Waals surface area contributed by atoms with Crippen molar-refractivity contribution in [2.24, 2.45) is 0 Å². The zero-order valence-electron chi connectivity index (χ0n) is 10.3. The molecule has 0 heterocycles. The lowest BCUT2D eigenvalue weighted by molar-refractivity contribution is 0.594. The monoisotopic (exact) mass is 377 g/mol. The van der Waals surface area contributed by atoms with Gasteiger partial charge < -0.3 is 0 Å². The Balaban J connectivity index is 2.46. The van der Waals surface area contributed by atoms with Crippen molar-refractivity contribution >= 4 is 43.2 Å². The third kappa shape index (κ3) is 3.13. The van der Waals surface area contributed by atoms with Crippen LogP contribution in [0.25, 0.3) is 0 Å². The quantitative estimate of drug-likeness (QED) is 0.863. The van der Waals surface area contributed by atoms with Crippen LogP contribution in [0.15, 0.2) is 45.8 Å². The van der Waals surface area contributed by atoms with Crippen molar-refractivity contribution in [2.45, 2.75) is 11.8 Å². The molecule has 1 N–H and O–H groups in total. The normalized spacial score (nSPS) is 11.4. The zero-order chi connectivity index (χ0) is 14.9. The summed E-state index contributed by atoms with van der Waals surface area (Å²) in [6.07, 6.45) is 0. The molecule has 20 heavy (non-hydrogen) atoms. The van der Waals surface area contributed by atoms with E-state index in [1.807, 2.05) is 0 Å².